The Labute approximate surface area is 405 Å². The molecule has 0 amide bonds. The smallest absolute Gasteiger partial charge is 0.306 e. The molecule has 65 heavy (non-hydrogen) atoms. The van der Waals surface area contributed by atoms with Crippen LogP contribution in [0.1, 0.15) is 329 Å². The maximum Gasteiger partial charge on any atom is 0.306 e. The second-order valence-corrected chi connectivity index (χ2v) is 19.9. The van der Waals surface area contributed by atoms with E-state index in [1.54, 1.807) is 0 Å². The van der Waals surface area contributed by atoms with Crippen molar-refractivity contribution in [3.63, 3.8) is 0 Å². The Hall–Kier alpha value is -1.85. The lowest BCUT2D eigenvalue weighted by molar-refractivity contribution is -0.167. The van der Waals surface area contributed by atoms with E-state index in [4.69, 9.17) is 14.2 Å². The minimum Gasteiger partial charge on any atom is -0.462 e. The zero-order valence-corrected chi connectivity index (χ0v) is 44.0. The Morgan fingerprint density at radius 3 is 0.769 bits per heavy atom. The molecule has 1 atom stereocenters. The third-order valence-electron chi connectivity index (χ3n) is 13.3. The summed E-state index contributed by atoms with van der Waals surface area (Å²) in [6.07, 6.45) is 62.0. The second kappa shape index (κ2) is 54.8. The Morgan fingerprint density at radius 2 is 0.508 bits per heavy atom. The normalized spacial score (nSPS) is 12.0. The van der Waals surface area contributed by atoms with E-state index in [2.05, 4.69) is 32.9 Å². The summed E-state index contributed by atoms with van der Waals surface area (Å²) in [5.41, 5.74) is 0. The molecule has 0 aliphatic rings. The van der Waals surface area contributed by atoms with Crippen LogP contribution in [0.15, 0.2) is 12.2 Å². The lowest BCUT2D eigenvalue weighted by Gasteiger charge is -2.18. The number of ether oxygens (including phenoxy) is 3. The number of carbonyl (C=O) groups is 3. The average Bonchev–Trinajstić information content (AvgIpc) is 3.30. The van der Waals surface area contributed by atoms with Crippen LogP contribution >= 0.6 is 0 Å². The van der Waals surface area contributed by atoms with E-state index in [-0.39, 0.29) is 31.1 Å². The molecule has 0 aromatic heterocycles. The summed E-state index contributed by atoms with van der Waals surface area (Å²) in [5, 5.41) is 0. The van der Waals surface area contributed by atoms with Gasteiger partial charge >= 0.3 is 17.9 Å². The van der Waals surface area contributed by atoms with E-state index in [0.29, 0.717) is 19.3 Å². The highest BCUT2D eigenvalue weighted by atomic mass is 16.6. The molecule has 0 rings (SSSR count). The highest BCUT2D eigenvalue weighted by Crippen LogP contribution is 2.17. The third kappa shape index (κ3) is 53.0. The number of rotatable bonds is 54. The van der Waals surface area contributed by atoms with Crippen LogP contribution in [0.4, 0.5) is 0 Å². The van der Waals surface area contributed by atoms with Gasteiger partial charge < -0.3 is 14.2 Å². The molecular formula is C59H112O6. The lowest BCUT2D eigenvalue weighted by atomic mass is 10.0. The molecule has 384 valence electrons. The van der Waals surface area contributed by atoms with Crippen molar-refractivity contribution in [2.45, 2.75) is 335 Å². The van der Waals surface area contributed by atoms with Crippen molar-refractivity contribution in [3.05, 3.63) is 12.2 Å². The van der Waals surface area contributed by atoms with E-state index in [9.17, 15) is 14.4 Å². The Bertz CT molecular complexity index is 1010. The topological polar surface area (TPSA) is 78.9 Å². The lowest BCUT2D eigenvalue weighted by Crippen LogP contribution is -2.30. The van der Waals surface area contributed by atoms with Gasteiger partial charge in [0, 0.05) is 19.3 Å². The fraction of sp³-hybridized carbons (Fsp3) is 0.915. The van der Waals surface area contributed by atoms with Crippen LogP contribution in [0.3, 0.4) is 0 Å². The molecule has 0 aliphatic heterocycles. The Morgan fingerprint density at radius 1 is 0.292 bits per heavy atom. The van der Waals surface area contributed by atoms with Gasteiger partial charge in [-0.25, -0.2) is 0 Å². The minimum absolute atomic E-state index is 0.0674. The second-order valence-electron chi connectivity index (χ2n) is 19.9. The molecule has 0 aromatic carbocycles. The molecule has 0 saturated heterocycles. The van der Waals surface area contributed by atoms with Gasteiger partial charge in [0.25, 0.3) is 0 Å². The van der Waals surface area contributed by atoms with Gasteiger partial charge in [0.05, 0.1) is 0 Å². The summed E-state index contributed by atoms with van der Waals surface area (Å²) < 4.78 is 16.9. The number of allylic oxidation sites excluding steroid dienone is 2. The number of esters is 3. The fourth-order valence-corrected chi connectivity index (χ4v) is 8.85. The highest BCUT2D eigenvalue weighted by Gasteiger charge is 2.19. The summed E-state index contributed by atoms with van der Waals surface area (Å²) in [5.74, 6) is -0.851. The van der Waals surface area contributed by atoms with Crippen LogP contribution in [0.25, 0.3) is 0 Å². The maximum atomic E-state index is 12.8. The first-order valence-electron chi connectivity index (χ1n) is 29.2. The number of unbranched alkanes of at least 4 members (excludes halogenated alkanes) is 41. The van der Waals surface area contributed by atoms with E-state index in [1.807, 2.05) is 0 Å². The standard InChI is InChI=1S/C59H112O6/c1-4-7-10-13-16-19-22-25-27-28-29-30-32-34-37-40-43-46-49-52-58(61)64-55-56(54-63-57(60)51-48-45-42-39-36-33-24-21-18-15-12-9-6-3)65-59(62)53-50-47-44-41-38-35-31-26-23-20-17-14-11-8-5-2/h26,31,56H,4-25,27-30,32-55H2,1-3H3. The Balaban J connectivity index is 4.29. The van der Waals surface area contributed by atoms with Crippen molar-refractivity contribution < 1.29 is 28.6 Å². The fourth-order valence-electron chi connectivity index (χ4n) is 8.85. The zero-order chi connectivity index (χ0) is 47.2. The molecule has 1 unspecified atom stereocenters. The first-order chi connectivity index (χ1) is 32.0. The van der Waals surface area contributed by atoms with E-state index in [0.717, 1.165) is 64.2 Å². The molecule has 0 radical (unpaired) electrons. The van der Waals surface area contributed by atoms with Gasteiger partial charge in [-0.1, -0.05) is 277 Å². The van der Waals surface area contributed by atoms with Gasteiger partial charge in [-0.3, -0.25) is 14.4 Å². The van der Waals surface area contributed by atoms with Crippen LogP contribution in [0.5, 0.6) is 0 Å². The van der Waals surface area contributed by atoms with Crippen LogP contribution < -0.4 is 0 Å². The van der Waals surface area contributed by atoms with Crippen molar-refractivity contribution in [2.75, 3.05) is 13.2 Å². The van der Waals surface area contributed by atoms with Crippen molar-refractivity contribution >= 4 is 17.9 Å². The van der Waals surface area contributed by atoms with Crippen molar-refractivity contribution in [3.8, 4) is 0 Å². The largest absolute Gasteiger partial charge is 0.462 e. The summed E-state index contributed by atoms with van der Waals surface area (Å²) in [4.78, 5) is 38.1. The van der Waals surface area contributed by atoms with Crippen LogP contribution in [-0.4, -0.2) is 37.2 Å². The molecule has 0 saturated carbocycles. The monoisotopic (exact) mass is 917 g/mol. The SMILES string of the molecule is CCCCCCCCC=CCCCCCCCC(=O)OC(COC(=O)CCCCCCCCCCCCCCC)COC(=O)CCCCCCCCCCCCCCCCCCCCC. The first-order valence-corrected chi connectivity index (χ1v) is 29.2. The number of hydrogen-bond acceptors (Lipinski definition) is 6. The zero-order valence-electron chi connectivity index (χ0n) is 44.0. The van der Waals surface area contributed by atoms with Gasteiger partial charge in [-0.15, -0.1) is 0 Å². The predicted molar refractivity (Wildman–Crippen MR) is 280 cm³/mol. The summed E-state index contributed by atoms with van der Waals surface area (Å²) in [6.45, 7) is 6.68. The number of carbonyl (C=O) groups excluding carboxylic acids is 3. The predicted octanol–water partition coefficient (Wildman–Crippen LogP) is 19.3. The molecule has 6 nitrogen and oxygen atoms in total. The van der Waals surface area contributed by atoms with Crippen molar-refractivity contribution in [1.29, 1.82) is 0 Å². The maximum absolute atomic E-state index is 12.8. The Kier molecular flexibility index (Phi) is 53.2. The molecule has 0 spiro atoms. The van der Waals surface area contributed by atoms with Gasteiger partial charge in [0.2, 0.25) is 0 Å². The molecule has 6 heteroatoms. The van der Waals surface area contributed by atoms with Gasteiger partial charge in [-0.05, 0) is 44.9 Å². The molecule has 0 aromatic rings. The quantitative estimate of drug-likeness (QED) is 0.0262. The van der Waals surface area contributed by atoms with Crippen molar-refractivity contribution in [2.24, 2.45) is 0 Å². The minimum atomic E-state index is -0.768. The van der Waals surface area contributed by atoms with E-state index >= 15 is 0 Å². The highest BCUT2D eigenvalue weighted by molar-refractivity contribution is 5.71. The molecule has 0 N–H and O–H groups in total. The van der Waals surface area contributed by atoms with Crippen LogP contribution in [0.2, 0.25) is 0 Å². The molecular weight excluding hydrogens is 805 g/mol. The summed E-state index contributed by atoms with van der Waals surface area (Å²) in [7, 11) is 0. The van der Waals surface area contributed by atoms with Gasteiger partial charge in [-0.2, -0.15) is 0 Å². The summed E-state index contributed by atoms with van der Waals surface area (Å²) in [6, 6.07) is 0. The van der Waals surface area contributed by atoms with Crippen LogP contribution in [-0.2, 0) is 28.6 Å². The van der Waals surface area contributed by atoms with Crippen LogP contribution in [0, 0.1) is 0 Å². The molecule has 0 aliphatic carbocycles. The average molecular weight is 918 g/mol. The third-order valence-corrected chi connectivity index (χ3v) is 13.3. The first kappa shape index (κ1) is 63.1. The summed E-state index contributed by atoms with van der Waals surface area (Å²) >= 11 is 0. The number of hydrogen-bond donors (Lipinski definition) is 0. The van der Waals surface area contributed by atoms with E-state index in [1.165, 1.54) is 225 Å². The van der Waals surface area contributed by atoms with Gasteiger partial charge in [0.1, 0.15) is 13.2 Å². The van der Waals surface area contributed by atoms with Gasteiger partial charge in [0.15, 0.2) is 6.10 Å². The van der Waals surface area contributed by atoms with E-state index < -0.39 is 6.10 Å². The molecule has 0 heterocycles. The van der Waals surface area contributed by atoms with Crippen molar-refractivity contribution in [1.82, 2.24) is 0 Å². The molecule has 0 bridgehead atoms. The molecule has 0 fully saturated rings.